The molecule has 0 aliphatic heterocycles. The van der Waals surface area contributed by atoms with Gasteiger partial charge in [-0.3, -0.25) is 9.48 Å². The number of aromatic amines is 1. The van der Waals surface area contributed by atoms with Crippen LogP contribution in [0.5, 0.6) is 0 Å². The monoisotopic (exact) mass is 416 g/mol. The number of nitrogens with zero attached hydrogens (tertiary/aromatic N) is 4. The first-order valence-electron chi connectivity index (χ1n) is 9.91. The predicted molar refractivity (Wildman–Crippen MR) is 114 cm³/mol. The van der Waals surface area contributed by atoms with Gasteiger partial charge in [0, 0.05) is 35.8 Å². The third kappa shape index (κ3) is 3.54. The van der Waals surface area contributed by atoms with Crippen LogP contribution < -0.4 is 5.32 Å². The molecule has 1 amide bonds. The number of anilines is 1. The van der Waals surface area contributed by atoms with Crippen LogP contribution in [0.3, 0.4) is 0 Å². The number of esters is 1. The highest BCUT2D eigenvalue weighted by Gasteiger charge is 2.30. The standard InChI is InChI=1S/C22H20N6O3/c1-28-11-24-19(27-28)14-5-3-4-13(8-14)17-9-15-16(22(30)31-2)10-23-20(18(15)25-17)26-21(29)12-6-7-12/h3-5,8-12,25H,6-7H2,1-2H3,(H,23,26,29). The molecule has 0 spiro atoms. The molecule has 2 N–H and O–H groups in total. The molecule has 0 bridgehead atoms. The van der Waals surface area contributed by atoms with E-state index in [1.807, 2.05) is 37.4 Å². The van der Waals surface area contributed by atoms with E-state index >= 15 is 0 Å². The number of ether oxygens (including phenoxy) is 1. The smallest absolute Gasteiger partial charge is 0.340 e. The number of methoxy groups -OCH3 is 1. The molecule has 1 aromatic carbocycles. The van der Waals surface area contributed by atoms with Crippen molar-refractivity contribution >= 4 is 28.6 Å². The summed E-state index contributed by atoms with van der Waals surface area (Å²) < 4.78 is 6.56. The van der Waals surface area contributed by atoms with E-state index in [2.05, 4.69) is 25.4 Å². The highest BCUT2D eigenvalue weighted by atomic mass is 16.5. The molecule has 0 unspecified atom stereocenters. The minimum Gasteiger partial charge on any atom is -0.465 e. The molecule has 1 aliphatic carbocycles. The summed E-state index contributed by atoms with van der Waals surface area (Å²) in [5.74, 6) is 0.505. The number of pyridine rings is 1. The van der Waals surface area contributed by atoms with Gasteiger partial charge in [-0.1, -0.05) is 18.2 Å². The number of hydrogen-bond acceptors (Lipinski definition) is 6. The first-order valence-corrected chi connectivity index (χ1v) is 9.91. The van der Waals surface area contributed by atoms with Crippen LogP contribution in [0.25, 0.3) is 33.5 Å². The van der Waals surface area contributed by atoms with Gasteiger partial charge in [0.05, 0.1) is 18.2 Å². The summed E-state index contributed by atoms with van der Waals surface area (Å²) in [6, 6.07) is 9.63. The third-order valence-electron chi connectivity index (χ3n) is 5.29. The number of rotatable bonds is 5. The molecular formula is C22H20N6O3. The number of fused-ring (bicyclic) bond motifs is 1. The number of benzene rings is 1. The Kier molecular flexibility index (Phi) is 4.50. The van der Waals surface area contributed by atoms with Gasteiger partial charge in [-0.15, -0.1) is 0 Å². The van der Waals surface area contributed by atoms with Crippen molar-refractivity contribution < 1.29 is 14.3 Å². The maximum absolute atomic E-state index is 12.3. The lowest BCUT2D eigenvalue weighted by molar-refractivity contribution is -0.117. The number of hydrogen-bond donors (Lipinski definition) is 2. The largest absolute Gasteiger partial charge is 0.465 e. The lowest BCUT2D eigenvalue weighted by atomic mass is 10.1. The topological polar surface area (TPSA) is 115 Å². The number of H-pyrrole nitrogens is 1. The molecular weight excluding hydrogens is 396 g/mol. The van der Waals surface area contributed by atoms with Gasteiger partial charge in [0.2, 0.25) is 5.91 Å². The van der Waals surface area contributed by atoms with Gasteiger partial charge in [0.15, 0.2) is 11.6 Å². The summed E-state index contributed by atoms with van der Waals surface area (Å²) in [7, 11) is 3.14. The van der Waals surface area contributed by atoms with Gasteiger partial charge in [0.1, 0.15) is 6.33 Å². The van der Waals surface area contributed by atoms with E-state index in [1.54, 1.807) is 11.0 Å². The minimum absolute atomic E-state index is 0.0362. The quantitative estimate of drug-likeness (QED) is 0.483. The molecule has 3 aromatic heterocycles. The Labute approximate surface area is 177 Å². The average Bonchev–Trinajstić information content (AvgIpc) is 3.39. The van der Waals surface area contributed by atoms with Gasteiger partial charge in [-0.05, 0) is 30.5 Å². The zero-order chi connectivity index (χ0) is 21.5. The van der Waals surface area contributed by atoms with Gasteiger partial charge in [0.25, 0.3) is 0 Å². The molecule has 0 atom stereocenters. The number of carbonyl (C=O) groups excluding carboxylic acids is 2. The van der Waals surface area contributed by atoms with Crippen molar-refractivity contribution in [3.63, 3.8) is 0 Å². The Bertz CT molecular complexity index is 1320. The van der Waals surface area contributed by atoms with Crippen molar-refractivity contribution in [2.24, 2.45) is 13.0 Å². The Hall–Kier alpha value is -4.01. The molecule has 0 radical (unpaired) electrons. The molecule has 9 nitrogen and oxygen atoms in total. The van der Waals surface area contributed by atoms with Crippen molar-refractivity contribution in [2.75, 3.05) is 12.4 Å². The highest BCUT2D eigenvalue weighted by molar-refractivity contribution is 6.10. The molecule has 5 rings (SSSR count). The van der Waals surface area contributed by atoms with Gasteiger partial charge >= 0.3 is 5.97 Å². The lowest BCUT2D eigenvalue weighted by Gasteiger charge is -2.07. The van der Waals surface area contributed by atoms with Crippen LogP contribution in [0.15, 0.2) is 42.9 Å². The molecule has 1 saturated carbocycles. The summed E-state index contributed by atoms with van der Waals surface area (Å²) in [5, 5.41) is 7.86. The zero-order valence-corrected chi connectivity index (χ0v) is 17.0. The Morgan fingerprint density at radius 3 is 2.71 bits per heavy atom. The Morgan fingerprint density at radius 1 is 1.19 bits per heavy atom. The second-order valence-corrected chi connectivity index (χ2v) is 7.57. The number of amides is 1. The van der Waals surface area contributed by atoms with Crippen LogP contribution in [0.1, 0.15) is 23.2 Å². The third-order valence-corrected chi connectivity index (χ3v) is 5.29. The van der Waals surface area contributed by atoms with Crippen molar-refractivity contribution in [1.29, 1.82) is 0 Å². The second kappa shape index (κ2) is 7.35. The van der Waals surface area contributed by atoms with Crippen molar-refractivity contribution in [3.05, 3.63) is 48.4 Å². The molecule has 3 heterocycles. The fourth-order valence-electron chi connectivity index (χ4n) is 3.50. The van der Waals surface area contributed by atoms with Crippen LogP contribution >= 0.6 is 0 Å². The number of carbonyl (C=O) groups is 2. The molecule has 4 aromatic rings. The van der Waals surface area contributed by atoms with Crippen LogP contribution in [0.4, 0.5) is 5.82 Å². The van der Waals surface area contributed by atoms with E-state index in [1.165, 1.54) is 13.3 Å². The summed E-state index contributed by atoms with van der Waals surface area (Å²) in [5.41, 5.74) is 3.43. The minimum atomic E-state index is -0.491. The van der Waals surface area contributed by atoms with Gasteiger partial charge in [-0.25, -0.2) is 14.8 Å². The molecule has 1 aliphatic rings. The van der Waals surface area contributed by atoms with Gasteiger partial charge < -0.3 is 15.0 Å². The first kappa shape index (κ1) is 19.0. The zero-order valence-electron chi connectivity index (χ0n) is 17.0. The first-order chi connectivity index (χ1) is 15.0. The molecule has 1 fully saturated rings. The summed E-state index contributed by atoms with van der Waals surface area (Å²) >= 11 is 0. The molecule has 31 heavy (non-hydrogen) atoms. The van der Waals surface area contributed by atoms with E-state index < -0.39 is 5.97 Å². The average molecular weight is 416 g/mol. The van der Waals surface area contributed by atoms with E-state index in [0.29, 0.717) is 28.1 Å². The van der Waals surface area contributed by atoms with E-state index in [4.69, 9.17) is 4.74 Å². The predicted octanol–water partition coefficient (Wildman–Crippen LogP) is 3.16. The van der Waals surface area contributed by atoms with E-state index in [0.717, 1.165) is 29.7 Å². The fraction of sp³-hybridized carbons (Fsp3) is 0.227. The van der Waals surface area contributed by atoms with Crippen LogP contribution in [-0.4, -0.2) is 43.7 Å². The maximum Gasteiger partial charge on any atom is 0.340 e. The SMILES string of the molecule is COC(=O)c1cnc(NC(=O)C2CC2)c2[nH]c(-c3cccc(-c4ncn(C)n4)c3)cc12. The number of aryl methyl sites for hydroxylation is 1. The van der Waals surface area contributed by atoms with Crippen LogP contribution in [0.2, 0.25) is 0 Å². The Morgan fingerprint density at radius 2 is 2.00 bits per heavy atom. The van der Waals surface area contributed by atoms with Gasteiger partial charge in [-0.2, -0.15) is 5.10 Å². The fourth-order valence-corrected chi connectivity index (χ4v) is 3.50. The number of aromatic nitrogens is 5. The van der Waals surface area contributed by atoms with Crippen molar-refractivity contribution in [1.82, 2.24) is 24.7 Å². The number of nitrogens with one attached hydrogen (secondary N) is 2. The van der Waals surface area contributed by atoms with E-state index in [-0.39, 0.29) is 11.8 Å². The van der Waals surface area contributed by atoms with E-state index in [9.17, 15) is 9.59 Å². The summed E-state index contributed by atoms with van der Waals surface area (Å²) in [6.07, 6.45) is 4.86. The molecule has 9 heteroatoms. The highest BCUT2D eigenvalue weighted by Crippen LogP contribution is 2.34. The van der Waals surface area contributed by atoms with Crippen molar-refractivity contribution in [3.8, 4) is 22.6 Å². The second-order valence-electron chi connectivity index (χ2n) is 7.57. The summed E-state index contributed by atoms with van der Waals surface area (Å²) in [4.78, 5) is 36.5. The lowest BCUT2D eigenvalue weighted by Crippen LogP contribution is -2.15. The van der Waals surface area contributed by atoms with Crippen LogP contribution in [0, 0.1) is 5.92 Å². The molecule has 0 saturated heterocycles. The maximum atomic E-state index is 12.3. The molecule has 156 valence electrons. The summed E-state index contributed by atoms with van der Waals surface area (Å²) in [6.45, 7) is 0. The van der Waals surface area contributed by atoms with Crippen molar-refractivity contribution in [2.45, 2.75) is 12.8 Å². The normalized spacial score (nSPS) is 13.4. The van der Waals surface area contributed by atoms with Crippen LogP contribution in [-0.2, 0) is 16.6 Å². The Balaban J connectivity index is 1.61.